The van der Waals surface area contributed by atoms with Crippen molar-refractivity contribution in [2.45, 2.75) is 36.0 Å². The lowest BCUT2D eigenvalue weighted by molar-refractivity contribution is 0.467. The summed E-state index contributed by atoms with van der Waals surface area (Å²) in [5, 5.41) is 12.1. The van der Waals surface area contributed by atoms with Crippen LogP contribution in [0.15, 0.2) is 64.4 Å². The van der Waals surface area contributed by atoms with E-state index in [9.17, 15) is 5.11 Å². The fourth-order valence-electron chi connectivity index (χ4n) is 2.92. The summed E-state index contributed by atoms with van der Waals surface area (Å²) in [5.41, 5.74) is 2.77. The van der Waals surface area contributed by atoms with Crippen molar-refractivity contribution in [1.29, 1.82) is 0 Å². The van der Waals surface area contributed by atoms with E-state index in [0.29, 0.717) is 22.9 Å². The number of phenols is 1. The third-order valence-corrected chi connectivity index (χ3v) is 6.52. The van der Waals surface area contributed by atoms with E-state index >= 15 is 0 Å². The van der Waals surface area contributed by atoms with Crippen LogP contribution in [0.5, 0.6) is 5.75 Å². The molecule has 0 heterocycles. The first kappa shape index (κ1) is 20.4. The van der Waals surface area contributed by atoms with Crippen molar-refractivity contribution in [3.05, 3.63) is 86.4 Å². The van der Waals surface area contributed by atoms with Crippen LogP contribution in [0.1, 0.15) is 23.6 Å². The molecule has 0 aliphatic heterocycles. The molecule has 0 aliphatic carbocycles. The summed E-state index contributed by atoms with van der Waals surface area (Å²) in [7, 11) is 0. The largest absolute Gasteiger partial charge is 0.506 e. The molecule has 0 radical (unpaired) electrons. The number of aromatic hydroxyl groups is 1. The SMILES string of the molecule is CCc1c(Cl)cc(CCc2ccccc2Sc2ccc(Cl)cc2)c(O)c1Cl. The standard InChI is InChI=1S/C22H19Cl3OS/c1-2-18-19(24)13-15(22(26)21(18)25)8-7-14-5-3-4-6-20(14)27-17-11-9-16(23)10-12-17/h3-6,9-13,26H,2,7-8H2,1H3. The summed E-state index contributed by atoms with van der Waals surface area (Å²) in [6, 6.07) is 17.9. The summed E-state index contributed by atoms with van der Waals surface area (Å²) >= 11 is 20.3. The molecule has 140 valence electrons. The van der Waals surface area contributed by atoms with Gasteiger partial charge < -0.3 is 5.11 Å². The summed E-state index contributed by atoms with van der Waals surface area (Å²) < 4.78 is 0. The van der Waals surface area contributed by atoms with E-state index in [4.69, 9.17) is 34.8 Å². The number of hydrogen-bond donors (Lipinski definition) is 1. The molecular weight excluding hydrogens is 419 g/mol. The summed E-state index contributed by atoms with van der Waals surface area (Å²) in [4.78, 5) is 2.31. The Balaban J connectivity index is 1.80. The summed E-state index contributed by atoms with van der Waals surface area (Å²) in [6.45, 7) is 1.97. The summed E-state index contributed by atoms with van der Waals surface area (Å²) in [5.74, 6) is 0.140. The zero-order valence-corrected chi connectivity index (χ0v) is 17.9. The Bertz CT molecular complexity index is 939. The zero-order chi connectivity index (χ0) is 19.4. The van der Waals surface area contributed by atoms with Gasteiger partial charge in [0.2, 0.25) is 0 Å². The predicted molar refractivity (Wildman–Crippen MR) is 117 cm³/mol. The highest BCUT2D eigenvalue weighted by molar-refractivity contribution is 7.99. The minimum Gasteiger partial charge on any atom is -0.506 e. The van der Waals surface area contributed by atoms with E-state index in [0.717, 1.165) is 27.5 Å². The van der Waals surface area contributed by atoms with Crippen molar-refractivity contribution in [2.24, 2.45) is 0 Å². The lowest BCUT2D eigenvalue weighted by atomic mass is 10.0. The van der Waals surface area contributed by atoms with Crippen molar-refractivity contribution in [1.82, 2.24) is 0 Å². The molecule has 0 spiro atoms. The number of hydrogen-bond acceptors (Lipinski definition) is 2. The van der Waals surface area contributed by atoms with E-state index in [-0.39, 0.29) is 5.75 Å². The van der Waals surface area contributed by atoms with Crippen LogP contribution in [0.2, 0.25) is 15.1 Å². The fourth-order valence-corrected chi connectivity index (χ4v) is 4.79. The molecule has 3 rings (SSSR count). The average molecular weight is 438 g/mol. The van der Waals surface area contributed by atoms with Gasteiger partial charge >= 0.3 is 0 Å². The second kappa shape index (κ2) is 9.25. The van der Waals surface area contributed by atoms with Crippen LogP contribution in [0.3, 0.4) is 0 Å². The molecule has 0 aromatic heterocycles. The van der Waals surface area contributed by atoms with Gasteiger partial charge in [0.25, 0.3) is 0 Å². The smallest absolute Gasteiger partial charge is 0.137 e. The minimum absolute atomic E-state index is 0.140. The zero-order valence-electron chi connectivity index (χ0n) is 14.8. The molecule has 0 saturated carbocycles. The first-order valence-corrected chi connectivity index (χ1v) is 10.6. The van der Waals surface area contributed by atoms with E-state index < -0.39 is 0 Å². The lowest BCUT2D eigenvalue weighted by Crippen LogP contribution is -1.97. The van der Waals surface area contributed by atoms with Gasteiger partial charge in [-0.2, -0.15) is 0 Å². The first-order chi connectivity index (χ1) is 13.0. The number of halogens is 3. The highest BCUT2D eigenvalue weighted by atomic mass is 35.5. The van der Waals surface area contributed by atoms with E-state index in [1.165, 1.54) is 10.5 Å². The molecule has 0 atom stereocenters. The van der Waals surface area contributed by atoms with Crippen LogP contribution in [0.25, 0.3) is 0 Å². The van der Waals surface area contributed by atoms with Crippen molar-refractivity contribution in [3.8, 4) is 5.75 Å². The van der Waals surface area contributed by atoms with Crippen LogP contribution in [0.4, 0.5) is 0 Å². The van der Waals surface area contributed by atoms with Crippen LogP contribution >= 0.6 is 46.6 Å². The molecule has 1 N–H and O–H groups in total. The Morgan fingerprint density at radius 1 is 0.889 bits per heavy atom. The van der Waals surface area contributed by atoms with Gasteiger partial charge in [-0.05, 0) is 72.4 Å². The maximum atomic E-state index is 10.4. The lowest BCUT2D eigenvalue weighted by Gasteiger charge is -2.13. The quantitative estimate of drug-likeness (QED) is 0.423. The van der Waals surface area contributed by atoms with Crippen molar-refractivity contribution < 1.29 is 5.11 Å². The second-order valence-electron chi connectivity index (χ2n) is 6.18. The average Bonchev–Trinajstić information content (AvgIpc) is 2.67. The molecule has 5 heteroatoms. The van der Waals surface area contributed by atoms with Crippen LogP contribution in [0, 0.1) is 0 Å². The van der Waals surface area contributed by atoms with Gasteiger partial charge in [0.1, 0.15) is 5.75 Å². The van der Waals surface area contributed by atoms with E-state index in [1.807, 2.05) is 49.4 Å². The molecule has 3 aromatic rings. The highest BCUT2D eigenvalue weighted by Crippen LogP contribution is 2.38. The number of rotatable bonds is 6. The van der Waals surface area contributed by atoms with Gasteiger partial charge in [0, 0.05) is 19.8 Å². The van der Waals surface area contributed by atoms with Gasteiger partial charge in [-0.1, -0.05) is 71.7 Å². The fraction of sp³-hybridized carbons (Fsp3) is 0.182. The molecule has 0 bridgehead atoms. The number of phenolic OH excluding ortho intramolecular Hbond substituents is 1. The molecule has 0 fully saturated rings. The molecule has 0 unspecified atom stereocenters. The Morgan fingerprint density at radius 2 is 1.56 bits per heavy atom. The van der Waals surface area contributed by atoms with Gasteiger partial charge in [-0.25, -0.2) is 0 Å². The molecular formula is C22H19Cl3OS. The maximum Gasteiger partial charge on any atom is 0.137 e. The van der Waals surface area contributed by atoms with Crippen LogP contribution < -0.4 is 0 Å². The Morgan fingerprint density at radius 3 is 2.26 bits per heavy atom. The van der Waals surface area contributed by atoms with Crippen molar-refractivity contribution >= 4 is 46.6 Å². The third-order valence-electron chi connectivity index (χ3n) is 4.40. The molecule has 0 amide bonds. The van der Waals surface area contributed by atoms with Crippen molar-refractivity contribution in [2.75, 3.05) is 0 Å². The minimum atomic E-state index is 0.140. The maximum absolute atomic E-state index is 10.4. The Labute approximate surface area is 179 Å². The molecule has 27 heavy (non-hydrogen) atoms. The predicted octanol–water partition coefficient (Wildman–Crippen LogP) is 7.85. The Hall–Kier alpha value is -1.32. The molecule has 1 nitrogen and oxygen atoms in total. The van der Waals surface area contributed by atoms with E-state index in [2.05, 4.69) is 12.1 Å². The summed E-state index contributed by atoms with van der Waals surface area (Å²) in [6.07, 6.45) is 2.13. The third kappa shape index (κ3) is 4.94. The highest BCUT2D eigenvalue weighted by Gasteiger charge is 2.15. The van der Waals surface area contributed by atoms with Crippen LogP contribution in [-0.2, 0) is 19.3 Å². The molecule has 0 saturated heterocycles. The normalized spacial score (nSPS) is 11.0. The van der Waals surface area contributed by atoms with Gasteiger partial charge in [0.05, 0.1) is 5.02 Å². The van der Waals surface area contributed by atoms with Gasteiger partial charge in [-0.15, -0.1) is 0 Å². The Kier molecular flexibility index (Phi) is 6.99. The number of benzene rings is 3. The van der Waals surface area contributed by atoms with E-state index in [1.54, 1.807) is 11.8 Å². The van der Waals surface area contributed by atoms with Gasteiger partial charge in [-0.3, -0.25) is 0 Å². The monoisotopic (exact) mass is 436 g/mol. The second-order valence-corrected chi connectivity index (χ2v) is 8.51. The topological polar surface area (TPSA) is 20.2 Å². The van der Waals surface area contributed by atoms with Gasteiger partial charge in [0.15, 0.2) is 0 Å². The number of aryl methyl sites for hydroxylation is 2. The molecule has 0 aliphatic rings. The van der Waals surface area contributed by atoms with Crippen LogP contribution in [-0.4, -0.2) is 5.11 Å². The van der Waals surface area contributed by atoms with Crippen molar-refractivity contribution in [3.63, 3.8) is 0 Å². The molecule has 3 aromatic carbocycles. The first-order valence-electron chi connectivity index (χ1n) is 8.69.